The van der Waals surface area contributed by atoms with Gasteiger partial charge in [-0.25, -0.2) is 0 Å². The lowest BCUT2D eigenvalue weighted by Gasteiger charge is -2.08. The zero-order valence-electron chi connectivity index (χ0n) is 9.46. The van der Waals surface area contributed by atoms with Gasteiger partial charge in [-0.3, -0.25) is 19.5 Å². The Kier molecular flexibility index (Phi) is 3.16. The zero-order chi connectivity index (χ0) is 13.3. The second kappa shape index (κ2) is 4.62. The fourth-order valence-electron chi connectivity index (χ4n) is 1.59. The van der Waals surface area contributed by atoms with Crippen LogP contribution in [0.2, 0.25) is 5.02 Å². The van der Waals surface area contributed by atoms with Gasteiger partial charge in [-0.2, -0.15) is 0 Å². The van der Waals surface area contributed by atoms with Crippen LogP contribution in [-0.4, -0.2) is 9.49 Å². The Morgan fingerprint density at radius 2 is 2.00 bits per heavy atom. The van der Waals surface area contributed by atoms with Gasteiger partial charge in [0.1, 0.15) is 0 Å². The fraction of sp³-hybridized carbons (Fsp3) is 0.0833. The molecule has 0 aliphatic heterocycles. The third-order valence-electron chi connectivity index (χ3n) is 2.46. The van der Waals surface area contributed by atoms with E-state index in [9.17, 15) is 14.9 Å². The molecule has 0 saturated carbocycles. The summed E-state index contributed by atoms with van der Waals surface area (Å²) in [6.45, 7) is 1.84. The summed E-state index contributed by atoms with van der Waals surface area (Å²) in [6, 6.07) is 7.12. The molecule has 0 atom stereocenters. The molecule has 1 aromatic heterocycles. The van der Waals surface area contributed by atoms with Crippen LogP contribution in [0.3, 0.4) is 0 Å². The maximum absolute atomic E-state index is 11.7. The molecule has 0 amide bonds. The first-order chi connectivity index (χ1) is 8.49. The van der Waals surface area contributed by atoms with E-state index in [-0.39, 0.29) is 16.3 Å². The number of rotatable bonds is 2. The number of pyridine rings is 1. The number of halogens is 1. The average Bonchev–Trinajstić information content (AvgIpc) is 2.32. The Hall–Kier alpha value is -2.14. The number of benzene rings is 1. The molecule has 0 aliphatic carbocycles. The van der Waals surface area contributed by atoms with Crippen LogP contribution in [0, 0.1) is 17.0 Å². The van der Waals surface area contributed by atoms with Crippen molar-refractivity contribution in [1.29, 1.82) is 0 Å². The Labute approximate surface area is 107 Å². The fourth-order valence-corrected chi connectivity index (χ4v) is 1.85. The standard InChI is InChI=1S/C12H9ClN2O3/c1-8-2-5-12(16)14(7-8)11-4-3-9(15(17)18)6-10(11)13/h2-7H,1H3. The van der Waals surface area contributed by atoms with Gasteiger partial charge in [-0.1, -0.05) is 17.7 Å². The van der Waals surface area contributed by atoms with Crippen molar-refractivity contribution in [1.82, 2.24) is 4.57 Å². The van der Waals surface area contributed by atoms with Crippen molar-refractivity contribution in [3.63, 3.8) is 0 Å². The lowest BCUT2D eigenvalue weighted by Crippen LogP contribution is -2.16. The van der Waals surface area contributed by atoms with Gasteiger partial charge in [0.25, 0.3) is 11.2 Å². The molecule has 5 nitrogen and oxygen atoms in total. The Bertz CT molecular complexity index is 679. The van der Waals surface area contributed by atoms with E-state index in [0.717, 1.165) is 5.56 Å². The predicted octanol–water partition coefficient (Wildman–Crippen LogP) is 2.71. The molecule has 0 unspecified atom stereocenters. The van der Waals surface area contributed by atoms with Gasteiger partial charge in [0.15, 0.2) is 0 Å². The van der Waals surface area contributed by atoms with Gasteiger partial charge in [0, 0.05) is 24.4 Å². The topological polar surface area (TPSA) is 65.1 Å². The van der Waals surface area contributed by atoms with E-state index in [1.165, 1.54) is 28.8 Å². The molecule has 0 aliphatic rings. The van der Waals surface area contributed by atoms with Crippen molar-refractivity contribution in [2.45, 2.75) is 6.92 Å². The molecule has 0 N–H and O–H groups in total. The summed E-state index contributed by atoms with van der Waals surface area (Å²) in [5, 5.41) is 10.8. The molecule has 1 heterocycles. The van der Waals surface area contributed by atoms with Gasteiger partial charge < -0.3 is 0 Å². The van der Waals surface area contributed by atoms with Crippen LogP contribution in [0.25, 0.3) is 5.69 Å². The third kappa shape index (κ3) is 2.26. The molecule has 92 valence electrons. The van der Waals surface area contributed by atoms with Crippen LogP contribution in [0.1, 0.15) is 5.56 Å². The summed E-state index contributed by atoms with van der Waals surface area (Å²) >= 11 is 5.97. The Morgan fingerprint density at radius 1 is 1.28 bits per heavy atom. The number of aromatic nitrogens is 1. The predicted molar refractivity (Wildman–Crippen MR) is 68.4 cm³/mol. The lowest BCUT2D eigenvalue weighted by atomic mass is 10.2. The van der Waals surface area contributed by atoms with Gasteiger partial charge >= 0.3 is 0 Å². The smallest absolute Gasteiger partial charge is 0.271 e. The molecule has 2 aromatic rings. The summed E-state index contributed by atoms with van der Waals surface area (Å²) in [7, 11) is 0. The monoisotopic (exact) mass is 264 g/mol. The summed E-state index contributed by atoms with van der Waals surface area (Å²) < 4.78 is 1.36. The highest BCUT2D eigenvalue weighted by molar-refractivity contribution is 6.32. The van der Waals surface area contributed by atoms with Gasteiger partial charge in [-0.15, -0.1) is 0 Å². The second-order valence-corrected chi connectivity index (χ2v) is 4.21. The molecular weight excluding hydrogens is 256 g/mol. The first-order valence-corrected chi connectivity index (χ1v) is 5.50. The van der Waals surface area contributed by atoms with Gasteiger partial charge in [0.05, 0.1) is 15.6 Å². The highest BCUT2D eigenvalue weighted by Gasteiger charge is 2.11. The number of aryl methyl sites for hydroxylation is 1. The molecule has 0 fully saturated rings. The van der Waals surface area contributed by atoms with E-state index in [1.54, 1.807) is 12.3 Å². The van der Waals surface area contributed by atoms with E-state index in [2.05, 4.69) is 0 Å². The van der Waals surface area contributed by atoms with Crippen LogP contribution in [0.5, 0.6) is 0 Å². The summed E-state index contributed by atoms with van der Waals surface area (Å²) in [5.74, 6) is 0. The normalized spacial score (nSPS) is 10.3. The van der Waals surface area contributed by atoms with E-state index < -0.39 is 4.92 Å². The second-order valence-electron chi connectivity index (χ2n) is 3.81. The first kappa shape index (κ1) is 12.3. The molecule has 0 saturated heterocycles. The molecule has 0 spiro atoms. The molecule has 0 bridgehead atoms. The molecule has 0 radical (unpaired) electrons. The molecule has 6 heteroatoms. The lowest BCUT2D eigenvalue weighted by molar-refractivity contribution is -0.384. The highest BCUT2D eigenvalue weighted by Crippen LogP contribution is 2.24. The van der Waals surface area contributed by atoms with Gasteiger partial charge in [0.2, 0.25) is 0 Å². The van der Waals surface area contributed by atoms with Crippen LogP contribution in [-0.2, 0) is 0 Å². The molecule has 1 aromatic carbocycles. The maximum atomic E-state index is 11.7. The number of non-ortho nitro benzene ring substituents is 1. The van der Waals surface area contributed by atoms with E-state index in [0.29, 0.717) is 5.69 Å². The van der Waals surface area contributed by atoms with E-state index in [1.807, 2.05) is 6.92 Å². The largest absolute Gasteiger partial charge is 0.283 e. The zero-order valence-corrected chi connectivity index (χ0v) is 10.2. The van der Waals surface area contributed by atoms with Crippen molar-refractivity contribution in [3.8, 4) is 5.69 Å². The van der Waals surface area contributed by atoms with Crippen molar-refractivity contribution < 1.29 is 4.92 Å². The van der Waals surface area contributed by atoms with Gasteiger partial charge in [-0.05, 0) is 18.6 Å². The Balaban J connectivity index is 2.61. The summed E-state index contributed by atoms with van der Waals surface area (Å²) in [4.78, 5) is 21.8. The average molecular weight is 265 g/mol. The van der Waals surface area contributed by atoms with Crippen molar-refractivity contribution in [2.24, 2.45) is 0 Å². The van der Waals surface area contributed by atoms with Crippen LogP contribution in [0.15, 0.2) is 41.3 Å². The molecular formula is C12H9ClN2O3. The van der Waals surface area contributed by atoms with Crippen LogP contribution >= 0.6 is 11.6 Å². The quantitative estimate of drug-likeness (QED) is 0.619. The number of nitro groups is 1. The van der Waals surface area contributed by atoms with E-state index in [4.69, 9.17) is 11.6 Å². The minimum Gasteiger partial charge on any atom is -0.283 e. The number of nitro benzene ring substituents is 1. The molecule has 2 rings (SSSR count). The minimum atomic E-state index is -0.533. The van der Waals surface area contributed by atoms with Crippen molar-refractivity contribution in [3.05, 3.63) is 67.6 Å². The Morgan fingerprint density at radius 3 is 2.61 bits per heavy atom. The van der Waals surface area contributed by atoms with E-state index >= 15 is 0 Å². The van der Waals surface area contributed by atoms with Crippen molar-refractivity contribution in [2.75, 3.05) is 0 Å². The number of hydrogen-bond acceptors (Lipinski definition) is 3. The minimum absolute atomic E-state index is 0.107. The first-order valence-electron chi connectivity index (χ1n) is 5.12. The SMILES string of the molecule is Cc1ccc(=O)n(-c2ccc([N+](=O)[O-])cc2Cl)c1. The van der Waals surface area contributed by atoms with Crippen LogP contribution < -0.4 is 5.56 Å². The molecule has 18 heavy (non-hydrogen) atoms. The number of hydrogen-bond donors (Lipinski definition) is 0. The van der Waals surface area contributed by atoms with Crippen LogP contribution in [0.4, 0.5) is 5.69 Å². The maximum Gasteiger partial charge on any atom is 0.271 e. The third-order valence-corrected chi connectivity index (χ3v) is 2.76. The van der Waals surface area contributed by atoms with Crippen molar-refractivity contribution >= 4 is 17.3 Å². The summed E-state index contributed by atoms with van der Waals surface area (Å²) in [6.07, 6.45) is 1.63. The summed E-state index contributed by atoms with van der Waals surface area (Å²) in [5.41, 5.74) is 0.973. The highest BCUT2D eigenvalue weighted by atomic mass is 35.5. The number of nitrogens with zero attached hydrogens (tertiary/aromatic N) is 2.